The zero-order valence-corrected chi connectivity index (χ0v) is 31.3. The summed E-state index contributed by atoms with van der Waals surface area (Å²) in [7, 11) is 0. The Hall–Kier alpha value is -3.33. The monoisotopic (exact) mass is 687 g/mol. The molecule has 7 nitrogen and oxygen atoms in total. The SMILES string of the molecule is CC[C@H](C)[C@H](NCCCOC(C)C)C(=O)NCC1CC(SC(c2ccccc2)(c2ccccc2)c2ccccc2)CN1C(=O)OC(C)(C)C. The van der Waals surface area contributed by atoms with Crippen molar-refractivity contribution in [2.75, 3.05) is 26.2 Å². The highest BCUT2D eigenvalue weighted by atomic mass is 32.2. The minimum Gasteiger partial charge on any atom is -0.444 e. The van der Waals surface area contributed by atoms with Crippen molar-refractivity contribution >= 4 is 23.8 Å². The van der Waals surface area contributed by atoms with E-state index in [1.54, 1.807) is 0 Å². The Balaban J connectivity index is 1.60. The Morgan fingerprint density at radius 2 is 1.41 bits per heavy atom. The van der Waals surface area contributed by atoms with Crippen LogP contribution < -0.4 is 10.6 Å². The smallest absolute Gasteiger partial charge is 0.410 e. The Morgan fingerprint density at radius 3 is 1.88 bits per heavy atom. The third-order valence-corrected chi connectivity index (χ3v) is 10.8. The summed E-state index contributed by atoms with van der Waals surface area (Å²) in [6.45, 7) is 16.2. The van der Waals surface area contributed by atoms with Gasteiger partial charge in [-0.05, 0) is 76.6 Å². The van der Waals surface area contributed by atoms with Gasteiger partial charge in [0.2, 0.25) is 5.91 Å². The van der Waals surface area contributed by atoms with Gasteiger partial charge in [0.05, 0.1) is 22.9 Å². The average molecular weight is 688 g/mol. The number of likely N-dealkylation sites (tertiary alicyclic amines) is 1. The maximum atomic E-state index is 13.7. The summed E-state index contributed by atoms with van der Waals surface area (Å²) >= 11 is 1.88. The van der Waals surface area contributed by atoms with Crippen molar-refractivity contribution in [2.45, 2.75) is 102 Å². The number of rotatable bonds is 16. The molecule has 0 bridgehead atoms. The van der Waals surface area contributed by atoms with E-state index in [1.807, 2.05) is 51.3 Å². The molecule has 1 aliphatic rings. The lowest BCUT2D eigenvalue weighted by atomic mass is 9.84. The molecule has 4 rings (SSSR count). The molecule has 2 N–H and O–H groups in total. The fourth-order valence-electron chi connectivity index (χ4n) is 6.43. The molecule has 3 aromatic rings. The van der Waals surface area contributed by atoms with E-state index in [0.29, 0.717) is 32.7 Å². The van der Waals surface area contributed by atoms with Crippen LogP contribution in [-0.4, -0.2) is 72.2 Å². The summed E-state index contributed by atoms with van der Waals surface area (Å²) in [5, 5.41) is 6.78. The van der Waals surface area contributed by atoms with Gasteiger partial charge in [-0.3, -0.25) is 4.79 Å². The number of carbonyl (C=O) groups excluding carboxylic acids is 2. The van der Waals surface area contributed by atoms with E-state index >= 15 is 0 Å². The largest absolute Gasteiger partial charge is 0.444 e. The van der Waals surface area contributed by atoms with Crippen molar-refractivity contribution in [3.8, 4) is 0 Å². The number of amides is 2. The van der Waals surface area contributed by atoms with Gasteiger partial charge in [-0.2, -0.15) is 0 Å². The summed E-state index contributed by atoms with van der Waals surface area (Å²) in [6.07, 6.45) is 2.26. The average Bonchev–Trinajstić information content (AvgIpc) is 3.50. The molecular weight excluding hydrogens is 631 g/mol. The molecule has 1 fully saturated rings. The van der Waals surface area contributed by atoms with Crippen LogP contribution in [-0.2, 0) is 19.0 Å². The maximum absolute atomic E-state index is 13.7. The second-order valence-electron chi connectivity index (χ2n) is 14.4. The Bertz CT molecular complexity index is 1330. The van der Waals surface area contributed by atoms with Crippen LogP contribution >= 0.6 is 11.8 Å². The van der Waals surface area contributed by atoms with Gasteiger partial charge in [0.1, 0.15) is 5.60 Å². The van der Waals surface area contributed by atoms with Crippen LogP contribution in [0.15, 0.2) is 91.0 Å². The van der Waals surface area contributed by atoms with E-state index in [2.05, 4.69) is 115 Å². The van der Waals surface area contributed by atoms with Crippen LogP contribution in [0.1, 0.15) is 84.4 Å². The zero-order chi connectivity index (χ0) is 35.4. The molecule has 3 aromatic carbocycles. The standard InChI is InChI=1S/C41H57N3O4S/c1-8-31(4)37(42-25-18-26-47-30(2)3)38(45)43-28-35-27-36(29-44(35)39(46)48-40(5,6)7)49-41(32-19-12-9-13-20-32,33-21-14-10-15-22-33)34-23-16-11-17-24-34/h9-17,19-24,30-31,35-37,42H,8,18,25-29H2,1-7H3,(H,43,45)/t31-,35?,36?,37-/m0/s1. The first-order valence-corrected chi connectivity index (χ1v) is 18.8. The van der Waals surface area contributed by atoms with Crippen LogP contribution in [0, 0.1) is 5.92 Å². The molecule has 49 heavy (non-hydrogen) atoms. The summed E-state index contributed by atoms with van der Waals surface area (Å²) in [5.74, 6) is 0.120. The van der Waals surface area contributed by atoms with Gasteiger partial charge in [-0.15, -0.1) is 11.8 Å². The predicted octanol–water partition coefficient (Wildman–Crippen LogP) is 8.03. The Morgan fingerprint density at radius 1 is 0.878 bits per heavy atom. The molecule has 2 amide bonds. The van der Waals surface area contributed by atoms with Crippen LogP contribution in [0.3, 0.4) is 0 Å². The number of carbonyl (C=O) groups is 2. The highest BCUT2D eigenvalue weighted by molar-refractivity contribution is 8.01. The van der Waals surface area contributed by atoms with Crippen molar-refractivity contribution < 1.29 is 19.1 Å². The fourth-order valence-corrected chi connectivity index (χ4v) is 8.30. The Kier molecular flexibility index (Phi) is 14.2. The first kappa shape index (κ1) is 38.5. The number of nitrogens with one attached hydrogen (secondary N) is 2. The quantitative estimate of drug-likeness (QED) is 0.117. The fraction of sp³-hybridized carbons (Fsp3) is 0.512. The molecule has 1 saturated heterocycles. The number of thioether (sulfide) groups is 1. The number of ether oxygens (including phenoxy) is 2. The first-order chi connectivity index (χ1) is 23.4. The molecular formula is C41H57N3O4S. The number of hydrogen-bond acceptors (Lipinski definition) is 6. The molecule has 4 atom stereocenters. The van der Waals surface area contributed by atoms with Crippen molar-refractivity contribution in [2.24, 2.45) is 5.92 Å². The minimum atomic E-state index is -0.636. The third-order valence-electron chi connectivity index (χ3n) is 9.03. The van der Waals surface area contributed by atoms with Crippen LogP contribution in [0.25, 0.3) is 0 Å². The number of benzene rings is 3. The van der Waals surface area contributed by atoms with Gasteiger partial charge in [-0.1, -0.05) is 111 Å². The molecule has 1 heterocycles. The van der Waals surface area contributed by atoms with Crippen molar-refractivity contribution in [1.82, 2.24) is 15.5 Å². The van der Waals surface area contributed by atoms with Crippen LogP contribution in [0.5, 0.6) is 0 Å². The summed E-state index contributed by atoms with van der Waals surface area (Å²) in [5.41, 5.74) is 2.90. The predicted molar refractivity (Wildman–Crippen MR) is 202 cm³/mol. The van der Waals surface area contributed by atoms with Crippen molar-refractivity contribution in [3.63, 3.8) is 0 Å². The van der Waals surface area contributed by atoms with Gasteiger partial charge in [0.15, 0.2) is 0 Å². The third kappa shape index (κ3) is 10.6. The van der Waals surface area contributed by atoms with Gasteiger partial charge in [0, 0.05) is 24.9 Å². The van der Waals surface area contributed by atoms with Crippen LogP contribution in [0.4, 0.5) is 4.79 Å². The molecule has 266 valence electrons. The molecule has 0 radical (unpaired) electrons. The van der Waals surface area contributed by atoms with E-state index in [-0.39, 0.29) is 41.4 Å². The van der Waals surface area contributed by atoms with Gasteiger partial charge >= 0.3 is 6.09 Å². The lowest BCUT2D eigenvalue weighted by Gasteiger charge is -2.37. The zero-order valence-electron chi connectivity index (χ0n) is 30.5. The van der Waals surface area contributed by atoms with Crippen molar-refractivity contribution in [1.29, 1.82) is 0 Å². The minimum absolute atomic E-state index is 0.0356. The van der Waals surface area contributed by atoms with E-state index in [9.17, 15) is 9.59 Å². The molecule has 0 aromatic heterocycles. The lowest BCUT2D eigenvalue weighted by Crippen LogP contribution is -2.52. The second-order valence-corrected chi connectivity index (χ2v) is 15.9. The summed E-state index contributed by atoms with van der Waals surface area (Å²) in [4.78, 5) is 29.3. The summed E-state index contributed by atoms with van der Waals surface area (Å²) in [6, 6.07) is 31.3. The lowest BCUT2D eigenvalue weighted by molar-refractivity contribution is -0.124. The summed E-state index contributed by atoms with van der Waals surface area (Å²) < 4.78 is 11.1. The first-order valence-electron chi connectivity index (χ1n) is 17.9. The van der Waals surface area contributed by atoms with E-state index in [0.717, 1.165) is 12.8 Å². The van der Waals surface area contributed by atoms with Gasteiger partial charge < -0.3 is 25.0 Å². The van der Waals surface area contributed by atoms with Gasteiger partial charge in [0.25, 0.3) is 0 Å². The highest BCUT2D eigenvalue weighted by Crippen LogP contribution is 2.52. The molecule has 1 aliphatic heterocycles. The van der Waals surface area contributed by atoms with E-state index in [4.69, 9.17) is 9.47 Å². The van der Waals surface area contributed by atoms with Gasteiger partial charge in [-0.25, -0.2) is 4.79 Å². The Labute approximate surface area is 298 Å². The van der Waals surface area contributed by atoms with Crippen LogP contribution in [0.2, 0.25) is 0 Å². The molecule has 0 saturated carbocycles. The van der Waals surface area contributed by atoms with E-state index < -0.39 is 10.3 Å². The molecule has 0 aliphatic carbocycles. The normalized spacial score (nSPS) is 17.9. The number of nitrogens with zero attached hydrogens (tertiary/aromatic N) is 1. The van der Waals surface area contributed by atoms with E-state index in [1.165, 1.54) is 16.7 Å². The maximum Gasteiger partial charge on any atom is 0.410 e. The number of hydrogen-bond donors (Lipinski definition) is 2. The highest BCUT2D eigenvalue weighted by Gasteiger charge is 2.45. The molecule has 2 unspecified atom stereocenters. The van der Waals surface area contributed by atoms with Crippen molar-refractivity contribution in [3.05, 3.63) is 108 Å². The second kappa shape index (κ2) is 18.1. The molecule has 8 heteroatoms. The molecule has 0 spiro atoms. The topological polar surface area (TPSA) is 79.9 Å².